The van der Waals surface area contributed by atoms with Gasteiger partial charge in [0.15, 0.2) is 5.95 Å². The van der Waals surface area contributed by atoms with E-state index < -0.39 is 5.91 Å². The Balaban J connectivity index is 1.38. The molecule has 0 spiro atoms. The number of aryl methyl sites for hydroxylation is 2. The number of hydroxylamine groups is 1. The maximum atomic E-state index is 13.7. The Morgan fingerprint density at radius 1 is 1.23 bits per heavy atom. The van der Waals surface area contributed by atoms with E-state index in [0.717, 1.165) is 42.6 Å². The maximum absolute atomic E-state index is 13.7. The monoisotopic (exact) mass is 472 g/mol. The van der Waals surface area contributed by atoms with Gasteiger partial charge in [-0.05, 0) is 78.3 Å². The summed E-state index contributed by atoms with van der Waals surface area (Å²) < 4.78 is 13.7. The van der Waals surface area contributed by atoms with E-state index in [1.165, 1.54) is 39.8 Å². The van der Waals surface area contributed by atoms with E-state index in [9.17, 15) is 9.18 Å². The number of aromatic nitrogens is 2. The third-order valence-electron chi connectivity index (χ3n) is 6.87. The number of H-pyrrole nitrogens is 2. The highest BCUT2D eigenvalue weighted by atomic mass is 19.1. The van der Waals surface area contributed by atoms with Crippen molar-refractivity contribution < 1.29 is 14.4 Å². The second kappa shape index (κ2) is 9.90. The third kappa shape index (κ3) is 5.06. The molecule has 4 N–H and O–H groups in total. The lowest BCUT2D eigenvalue weighted by Gasteiger charge is -2.29. The van der Waals surface area contributed by atoms with Gasteiger partial charge in [0.05, 0.1) is 0 Å². The Labute approximate surface area is 203 Å². The zero-order valence-electron chi connectivity index (χ0n) is 19.6. The van der Waals surface area contributed by atoms with Crippen molar-refractivity contribution in [2.45, 2.75) is 38.8 Å². The van der Waals surface area contributed by atoms with Gasteiger partial charge in [0.2, 0.25) is 0 Å². The average molecular weight is 473 g/mol. The summed E-state index contributed by atoms with van der Waals surface area (Å²) in [6.45, 7) is 3.56. The number of nitrogens with one attached hydrogen (secondary N) is 3. The summed E-state index contributed by atoms with van der Waals surface area (Å²) in [5.74, 6) is -0.873. The normalized spacial score (nSPS) is 15.4. The molecular weight excluding hydrogens is 443 g/mol. The standard InChI is InChI=1S/C28H29FN4O2/c1-18-2-7-23-21(16-30-25(23)14-18)12-13-33(17-22-6-10-27(29)31-22)26-9-5-20-15-19(3-8-24(20)26)4-11-28(34)32-35/h2-4,6-8,10-11,14-16,26,30-31,35H,5,9,12-13,17H2,1H3,(H,32,34). The van der Waals surface area contributed by atoms with E-state index in [1.54, 1.807) is 11.6 Å². The van der Waals surface area contributed by atoms with Crippen LogP contribution in [0.15, 0.2) is 60.8 Å². The van der Waals surface area contributed by atoms with Gasteiger partial charge in [0.25, 0.3) is 5.91 Å². The van der Waals surface area contributed by atoms with Crippen LogP contribution in [0.25, 0.3) is 17.0 Å². The van der Waals surface area contributed by atoms with Crippen molar-refractivity contribution in [3.8, 4) is 0 Å². The molecule has 0 radical (unpaired) electrons. The first-order valence-corrected chi connectivity index (χ1v) is 11.9. The van der Waals surface area contributed by atoms with Crippen LogP contribution >= 0.6 is 0 Å². The molecule has 1 aliphatic carbocycles. The molecule has 35 heavy (non-hydrogen) atoms. The van der Waals surface area contributed by atoms with Crippen LogP contribution in [0, 0.1) is 12.9 Å². The van der Waals surface area contributed by atoms with Gasteiger partial charge in [0, 0.05) is 48.0 Å². The molecule has 6 nitrogen and oxygen atoms in total. The van der Waals surface area contributed by atoms with E-state index in [2.05, 4.69) is 58.3 Å². The Morgan fingerprint density at radius 2 is 2.11 bits per heavy atom. The summed E-state index contributed by atoms with van der Waals surface area (Å²) in [5, 5.41) is 9.94. The number of carbonyl (C=O) groups is 1. The molecule has 7 heteroatoms. The Kier molecular flexibility index (Phi) is 6.53. The number of carbonyl (C=O) groups excluding carboxylic acids is 1. The zero-order valence-corrected chi connectivity index (χ0v) is 19.6. The fourth-order valence-corrected chi connectivity index (χ4v) is 5.14. The lowest BCUT2D eigenvalue weighted by Crippen LogP contribution is -2.29. The minimum absolute atomic E-state index is 0.225. The van der Waals surface area contributed by atoms with Crippen LogP contribution in [-0.4, -0.2) is 32.5 Å². The van der Waals surface area contributed by atoms with Crippen LogP contribution in [0.1, 0.15) is 46.0 Å². The van der Waals surface area contributed by atoms with E-state index in [1.807, 2.05) is 12.1 Å². The number of rotatable bonds is 8. The highest BCUT2D eigenvalue weighted by Crippen LogP contribution is 2.37. The molecule has 0 bridgehead atoms. The van der Waals surface area contributed by atoms with Crippen LogP contribution < -0.4 is 5.48 Å². The van der Waals surface area contributed by atoms with E-state index in [0.29, 0.717) is 6.54 Å². The van der Waals surface area contributed by atoms with Crippen molar-refractivity contribution >= 4 is 22.9 Å². The van der Waals surface area contributed by atoms with E-state index >= 15 is 0 Å². The number of hydrogen-bond donors (Lipinski definition) is 4. The summed E-state index contributed by atoms with van der Waals surface area (Å²) in [6, 6.07) is 16.2. The molecule has 2 heterocycles. The van der Waals surface area contributed by atoms with Crippen LogP contribution in [0.3, 0.4) is 0 Å². The fourth-order valence-electron chi connectivity index (χ4n) is 5.14. The molecule has 1 atom stereocenters. The van der Waals surface area contributed by atoms with Gasteiger partial charge in [-0.25, -0.2) is 5.48 Å². The lowest BCUT2D eigenvalue weighted by molar-refractivity contribution is -0.124. The Bertz CT molecular complexity index is 1390. The molecule has 0 saturated heterocycles. The number of nitrogens with zero attached hydrogens (tertiary/aromatic N) is 1. The van der Waals surface area contributed by atoms with Crippen molar-refractivity contribution in [2.75, 3.05) is 6.54 Å². The first-order chi connectivity index (χ1) is 17.0. The molecule has 1 aliphatic rings. The van der Waals surface area contributed by atoms with Gasteiger partial charge < -0.3 is 9.97 Å². The number of benzene rings is 2. The molecule has 2 aromatic heterocycles. The van der Waals surface area contributed by atoms with Gasteiger partial charge in [0.1, 0.15) is 0 Å². The summed E-state index contributed by atoms with van der Waals surface area (Å²) in [4.78, 5) is 20.0. The second-order valence-corrected chi connectivity index (χ2v) is 9.24. The molecule has 1 amide bonds. The smallest absolute Gasteiger partial charge is 0.267 e. The predicted molar refractivity (Wildman–Crippen MR) is 134 cm³/mol. The van der Waals surface area contributed by atoms with Crippen molar-refractivity contribution in [1.29, 1.82) is 0 Å². The van der Waals surface area contributed by atoms with E-state index in [-0.39, 0.29) is 12.0 Å². The van der Waals surface area contributed by atoms with Crippen molar-refractivity contribution in [3.05, 3.63) is 100 Å². The first-order valence-electron chi connectivity index (χ1n) is 11.9. The second-order valence-electron chi connectivity index (χ2n) is 9.24. The zero-order chi connectivity index (χ0) is 24.4. The molecule has 5 rings (SSSR count). The van der Waals surface area contributed by atoms with Gasteiger partial charge in [-0.3, -0.25) is 14.9 Å². The molecule has 180 valence electrons. The summed E-state index contributed by atoms with van der Waals surface area (Å²) in [7, 11) is 0. The number of halogens is 1. The molecule has 1 unspecified atom stereocenters. The van der Waals surface area contributed by atoms with Crippen LogP contribution in [0.4, 0.5) is 4.39 Å². The minimum Gasteiger partial charge on any atom is -0.361 e. The number of aromatic amines is 2. The molecule has 0 aliphatic heterocycles. The molecular formula is C28H29FN4O2. The molecule has 0 fully saturated rings. The van der Waals surface area contributed by atoms with Crippen LogP contribution in [-0.2, 0) is 24.2 Å². The summed E-state index contributed by atoms with van der Waals surface area (Å²) in [5.41, 5.74) is 9.58. The molecule has 0 saturated carbocycles. The Morgan fingerprint density at radius 3 is 2.91 bits per heavy atom. The predicted octanol–water partition coefficient (Wildman–Crippen LogP) is 5.19. The SMILES string of the molecule is Cc1ccc2c(CCN(Cc3ccc(F)[nH]3)C3CCc4cc(C=CC(=O)NO)ccc43)c[nH]c2c1. The van der Waals surface area contributed by atoms with Crippen LogP contribution in [0.2, 0.25) is 0 Å². The summed E-state index contributed by atoms with van der Waals surface area (Å²) in [6.07, 6.45) is 7.90. The number of hydrogen-bond acceptors (Lipinski definition) is 3. The quantitative estimate of drug-likeness (QED) is 0.162. The Hall–Kier alpha value is -3.68. The van der Waals surface area contributed by atoms with E-state index in [4.69, 9.17) is 5.21 Å². The van der Waals surface area contributed by atoms with Gasteiger partial charge in [-0.1, -0.05) is 30.3 Å². The van der Waals surface area contributed by atoms with Gasteiger partial charge >= 0.3 is 0 Å². The van der Waals surface area contributed by atoms with Gasteiger partial charge in [-0.2, -0.15) is 4.39 Å². The van der Waals surface area contributed by atoms with Crippen molar-refractivity contribution in [1.82, 2.24) is 20.3 Å². The lowest BCUT2D eigenvalue weighted by atomic mass is 10.0. The fraction of sp³-hybridized carbons (Fsp3) is 0.250. The first kappa shape index (κ1) is 23.1. The highest BCUT2D eigenvalue weighted by molar-refractivity contribution is 5.90. The maximum Gasteiger partial charge on any atom is 0.267 e. The van der Waals surface area contributed by atoms with Gasteiger partial charge in [-0.15, -0.1) is 0 Å². The topological polar surface area (TPSA) is 84.2 Å². The van der Waals surface area contributed by atoms with Crippen LogP contribution in [0.5, 0.6) is 0 Å². The number of amides is 1. The summed E-state index contributed by atoms with van der Waals surface area (Å²) >= 11 is 0. The largest absolute Gasteiger partial charge is 0.361 e. The minimum atomic E-state index is -0.555. The highest BCUT2D eigenvalue weighted by Gasteiger charge is 2.28. The van der Waals surface area contributed by atoms with Crippen molar-refractivity contribution in [3.63, 3.8) is 0 Å². The molecule has 4 aromatic rings. The average Bonchev–Trinajstić information content (AvgIpc) is 3.58. The van der Waals surface area contributed by atoms with Crippen molar-refractivity contribution in [2.24, 2.45) is 0 Å². The molecule has 2 aromatic carbocycles. The third-order valence-corrected chi connectivity index (χ3v) is 6.87. The number of fused-ring (bicyclic) bond motifs is 2.